The number of hydrazine groups is 1. The van der Waals surface area contributed by atoms with Gasteiger partial charge in [0.05, 0.1) is 28.1 Å². The molecule has 1 heterocycles. The number of carbonyl (C=O) groups excluding carboxylic acids is 2. The second-order valence-electron chi connectivity index (χ2n) is 5.75. The summed E-state index contributed by atoms with van der Waals surface area (Å²) in [5.74, 6) is -1.72. The summed E-state index contributed by atoms with van der Waals surface area (Å²) >= 11 is 0. The van der Waals surface area contributed by atoms with E-state index in [-0.39, 0.29) is 16.8 Å². The van der Waals surface area contributed by atoms with Crippen molar-refractivity contribution in [1.29, 1.82) is 0 Å². The van der Waals surface area contributed by atoms with Crippen LogP contribution in [0, 0.1) is 22.9 Å². The van der Waals surface area contributed by atoms with Crippen molar-refractivity contribution >= 4 is 17.5 Å². The molecule has 3 rings (SSSR count). The lowest BCUT2D eigenvalue weighted by atomic mass is 10.2. The van der Waals surface area contributed by atoms with E-state index in [1.807, 2.05) is 0 Å². The maximum Gasteiger partial charge on any atom is 0.273 e. The Morgan fingerprint density at radius 3 is 2.46 bits per heavy atom. The second-order valence-corrected chi connectivity index (χ2v) is 5.75. The van der Waals surface area contributed by atoms with Gasteiger partial charge in [-0.05, 0) is 37.3 Å². The van der Waals surface area contributed by atoms with Gasteiger partial charge < -0.3 is 0 Å². The Kier molecular flexibility index (Phi) is 5.12. The van der Waals surface area contributed by atoms with Crippen molar-refractivity contribution < 1.29 is 18.9 Å². The maximum atomic E-state index is 13.1. The smallest absolute Gasteiger partial charge is 0.267 e. The molecule has 2 amide bonds. The van der Waals surface area contributed by atoms with Gasteiger partial charge in [0, 0.05) is 17.7 Å². The minimum absolute atomic E-state index is 0.0215. The number of aromatic nitrogens is 2. The van der Waals surface area contributed by atoms with Gasteiger partial charge in [-0.3, -0.25) is 30.6 Å². The highest BCUT2D eigenvalue weighted by molar-refractivity contribution is 5.99. The standard InChI is InChI=1S/C18H14FN5O4/c1-11-16(10-20-23(11)14-7-5-13(19)6-8-14)18(26)22-21-17(25)12-3-2-4-15(9-12)24(27)28/h2-10H,1H3,(H,21,25)(H,22,26). The number of rotatable bonds is 4. The Labute approximate surface area is 157 Å². The number of hydrogen-bond donors (Lipinski definition) is 2. The van der Waals surface area contributed by atoms with Crippen LogP contribution in [0.2, 0.25) is 0 Å². The number of benzene rings is 2. The lowest BCUT2D eigenvalue weighted by molar-refractivity contribution is -0.384. The number of non-ortho nitro benzene ring substituents is 1. The predicted octanol–water partition coefficient (Wildman–Crippen LogP) is 2.30. The lowest BCUT2D eigenvalue weighted by Gasteiger charge is -2.08. The Hall–Kier alpha value is -4.08. The molecule has 2 N–H and O–H groups in total. The molecule has 0 radical (unpaired) electrons. The number of nitro benzene ring substituents is 1. The Balaban J connectivity index is 1.70. The van der Waals surface area contributed by atoms with Crippen LogP contribution in [-0.2, 0) is 0 Å². The van der Waals surface area contributed by atoms with Crippen molar-refractivity contribution in [3.63, 3.8) is 0 Å². The maximum absolute atomic E-state index is 13.1. The zero-order valence-electron chi connectivity index (χ0n) is 14.5. The van der Waals surface area contributed by atoms with Crippen molar-refractivity contribution in [3.05, 3.63) is 87.5 Å². The van der Waals surface area contributed by atoms with E-state index < -0.39 is 22.6 Å². The van der Waals surface area contributed by atoms with E-state index in [1.54, 1.807) is 6.92 Å². The summed E-state index contributed by atoms with van der Waals surface area (Å²) in [4.78, 5) is 34.6. The van der Waals surface area contributed by atoms with Crippen molar-refractivity contribution in [2.45, 2.75) is 6.92 Å². The van der Waals surface area contributed by atoms with Gasteiger partial charge in [-0.2, -0.15) is 5.10 Å². The van der Waals surface area contributed by atoms with Gasteiger partial charge in [-0.15, -0.1) is 0 Å². The molecule has 2 aromatic carbocycles. The number of halogens is 1. The highest BCUT2D eigenvalue weighted by Crippen LogP contribution is 2.15. The van der Waals surface area contributed by atoms with Crippen LogP contribution in [0.3, 0.4) is 0 Å². The fourth-order valence-corrected chi connectivity index (χ4v) is 2.49. The van der Waals surface area contributed by atoms with Gasteiger partial charge in [-0.1, -0.05) is 6.07 Å². The van der Waals surface area contributed by atoms with Crippen LogP contribution >= 0.6 is 0 Å². The number of hydrogen-bond acceptors (Lipinski definition) is 5. The summed E-state index contributed by atoms with van der Waals surface area (Å²) in [6.45, 7) is 1.65. The molecule has 3 aromatic rings. The Bertz CT molecular complexity index is 1060. The molecule has 1 aromatic heterocycles. The third-order valence-electron chi connectivity index (χ3n) is 3.93. The first-order valence-corrected chi connectivity index (χ1v) is 8.02. The van der Waals surface area contributed by atoms with Gasteiger partial charge >= 0.3 is 0 Å². The van der Waals surface area contributed by atoms with E-state index >= 15 is 0 Å². The molecule has 0 bridgehead atoms. The molecule has 0 saturated carbocycles. The third kappa shape index (κ3) is 3.85. The van der Waals surface area contributed by atoms with Gasteiger partial charge in [0.2, 0.25) is 0 Å². The molecule has 0 spiro atoms. The number of amides is 2. The van der Waals surface area contributed by atoms with E-state index in [9.17, 15) is 24.1 Å². The Morgan fingerprint density at radius 2 is 1.79 bits per heavy atom. The van der Waals surface area contributed by atoms with Crippen molar-refractivity contribution in [2.75, 3.05) is 0 Å². The molecule has 142 valence electrons. The number of nitrogens with zero attached hydrogens (tertiary/aromatic N) is 3. The molecule has 28 heavy (non-hydrogen) atoms. The van der Waals surface area contributed by atoms with E-state index in [0.29, 0.717) is 11.4 Å². The first-order chi connectivity index (χ1) is 13.4. The third-order valence-corrected chi connectivity index (χ3v) is 3.93. The minimum atomic E-state index is -0.708. The largest absolute Gasteiger partial charge is 0.273 e. The number of carbonyl (C=O) groups is 2. The van der Waals surface area contributed by atoms with E-state index in [4.69, 9.17) is 0 Å². The van der Waals surface area contributed by atoms with Gasteiger partial charge in [0.15, 0.2) is 0 Å². The molecule has 0 aliphatic carbocycles. The molecular weight excluding hydrogens is 369 g/mol. The molecule has 0 fully saturated rings. The summed E-state index contributed by atoms with van der Waals surface area (Å²) in [5, 5.41) is 14.9. The van der Waals surface area contributed by atoms with Gasteiger partial charge in [0.25, 0.3) is 17.5 Å². The quantitative estimate of drug-likeness (QED) is 0.529. The van der Waals surface area contributed by atoms with Crippen LogP contribution in [0.15, 0.2) is 54.7 Å². The van der Waals surface area contributed by atoms with E-state index in [2.05, 4.69) is 16.0 Å². The van der Waals surface area contributed by atoms with Crippen LogP contribution < -0.4 is 10.9 Å². The minimum Gasteiger partial charge on any atom is -0.267 e. The van der Waals surface area contributed by atoms with Crippen molar-refractivity contribution in [3.8, 4) is 5.69 Å². The lowest BCUT2D eigenvalue weighted by Crippen LogP contribution is -2.41. The van der Waals surface area contributed by atoms with Crippen LogP contribution in [-0.4, -0.2) is 26.5 Å². The molecule has 0 atom stereocenters. The highest BCUT2D eigenvalue weighted by atomic mass is 19.1. The molecular formula is C18H14FN5O4. The van der Waals surface area contributed by atoms with Crippen molar-refractivity contribution in [1.82, 2.24) is 20.6 Å². The molecule has 0 saturated heterocycles. The highest BCUT2D eigenvalue weighted by Gasteiger charge is 2.17. The summed E-state index contributed by atoms with van der Waals surface area (Å²) < 4.78 is 14.5. The molecule has 10 heteroatoms. The van der Waals surface area contributed by atoms with E-state index in [0.717, 1.165) is 6.07 Å². The fraction of sp³-hybridized carbons (Fsp3) is 0.0556. The van der Waals surface area contributed by atoms with Crippen LogP contribution in [0.5, 0.6) is 0 Å². The zero-order chi connectivity index (χ0) is 20.3. The molecule has 0 unspecified atom stereocenters. The van der Waals surface area contributed by atoms with E-state index in [1.165, 1.54) is 53.3 Å². The first-order valence-electron chi connectivity index (χ1n) is 8.02. The topological polar surface area (TPSA) is 119 Å². The summed E-state index contributed by atoms with van der Waals surface area (Å²) in [7, 11) is 0. The average Bonchev–Trinajstić information content (AvgIpc) is 3.08. The SMILES string of the molecule is Cc1c(C(=O)NNC(=O)c2cccc([N+](=O)[O-])c2)cnn1-c1ccc(F)cc1. The van der Waals surface area contributed by atoms with Crippen molar-refractivity contribution in [2.24, 2.45) is 0 Å². The number of nitrogens with one attached hydrogen (secondary N) is 2. The second kappa shape index (κ2) is 7.66. The van der Waals surface area contributed by atoms with Crippen LogP contribution in [0.25, 0.3) is 5.69 Å². The summed E-state index contributed by atoms with van der Waals surface area (Å²) in [6.07, 6.45) is 1.31. The zero-order valence-corrected chi connectivity index (χ0v) is 14.5. The normalized spacial score (nSPS) is 10.4. The summed E-state index contributed by atoms with van der Waals surface area (Å²) in [5.41, 5.74) is 5.47. The fourth-order valence-electron chi connectivity index (χ4n) is 2.49. The molecule has 9 nitrogen and oxygen atoms in total. The first kappa shape index (κ1) is 18.7. The predicted molar refractivity (Wildman–Crippen MR) is 96.3 cm³/mol. The average molecular weight is 383 g/mol. The summed E-state index contributed by atoms with van der Waals surface area (Å²) in [6, 6.07) is 10.7. The van der Waals surface area contributed by atoms with Gasteiger partial charge in [0.1, 0.15) is 5.82 Å². The van der Waals surface area contributed by atoms with Gasteiger partial charge in [-0.25, -0.2) is 9.07 Å². The monoisotopic (exact) mass is 383 g/mol. The number of nitro groups is 1. The van der Waals surface area contributed by atoms with Crippen LogP contribution in [0.1, 0.15) is 26.4 Å². The molecule has 0 aliphatic rings. The molecule has 0 aliphatic heterocycles. The Morgan fingerprint density at radius 1 is 1.11 bits per heavy atom. The van der Waals surface area contributed by atoms with Crippen LogP contribution in [0.4, 0.5) is 10.1 Å².